The van der Waals surface area contributed by atoms with Gasteiger partial charge >= 0.3 is 0 Å². The number of nitrogens with one attached hydrogen (secondary N) is 3. The number of nitrogens with two attached hydrogens (primary N) is 1. The number of carbonyl (C=O) groups excluding carboxylic acids is 2. The van der Waals surface area contributed by atoms with E-state index in [-0.39, 0.29) is 11.7 Å². The van der Waals surface area contributed by atoms with Crippen LogP contribution in [0, 0.1) is 5.41 Å². The van der Waals surface area contributed by atoms with E-state index >= 15 is 0 Å². The molecule has 0 aliphatic carbocycles. The maximum Gasteiger partial charge on any atom is 0.241 e. The molecule has 6 nitrogen and oxygen atoms in total. The Balaban J connectivity index is 1.51. The predicted octanol–water partition coefficient (Wildman–Crippen LogP) is 4.16. The molecule has 33 heavy (non-hydrogen) atoms. The summed E-state index contributed by atoms with van der Waals surface area (Å²) in [4.78, 5) is 26.3. The monoisotopic (exact) mass is 436 g/mol. The quantitative estimate of drug-likeness (QED) is 0.198. The molecule has 4 rings (SSSR count). The van der Waals surface area contributed by atoms with Crippen molar-refractivity contribution in [2.45, 2.75) is 12.5 Å². The smallest absolute Gasteiger partial charge is 0.241 e. The molecule has 0 heterocycles. The number of anilines is 1. The van der Waals surface area contributed by atoms with E-state index in [2.05, 4.69) is 10.6 Å². The van der Waals surface area contributed by atoms with Crippen LogP contribution in [0.4, 0.5) is 5.69 Å². The van der Waals surface area contributed by atoms with Crippen LogP contribution in [0.3, 0.4) is 0 Å². The van der Waals surface area contributed by atoms with Crippen LogP contribution in [-0.4, -0.2) is 17.6 Å². The molecule has 0 bridgehead atoms. The molecule has 0 saturated heterocycles. The summed E-state index contributed by atoms with van der Waals surface area (Å²) in [5, 5.41) is 15.4. The van der Waals surface area contributed by atoms with E-state index in [1.165, 1.54) is 0 Å². The highest BCUT2D eigenvalue weighted by Crippen LogP contribution is 2.20. The van der Waals surface area contributed by atoms with E-state index in [0.29, 0.717) is 23.4 Å². The lowest BCUT2D eigenvalue weighted by Gasteiger charge is -2.17. The van der Waals surface area contributed by atoms with Crippen molar-refractivity contribution in [2.24, 2.45) is 5.73 Å². The number of amides is 2. The molecule has 0 saturated carbocycles. The number of hydrogen-bond acceptors (Lipinski definition) is 3. The highest BCUT2D eigenvalue weighted by atomic mass is 16.2. The van der Waals surface area contributed by atoms with E-state index in [4.69, 9.17) is 11.1 Å². The molecule has 4 aromatic rings. The van der Waals surface area contributed by atoms with Gasteiger partial charge in [0.2, 0.25) is 11.8 Å². The van der Waals surface area contributed by atoms with Crippen molar-refractivity contribution >= 4 is 34.1 Å². The van der Waals surface area contributed by atoms with Gasteiger partial charge in [-0.05, 0) is 52.2 Å². The molecule has 0 aliphatic heterocycles. The summed E-state index contributed by atoms with van der Waals surface area (Å²) in [6.07, 6.45) is 0. The van der Waals surface area contributed by atoms with Crippen molar-refractivity contribution < 1.29 is 9.59 Å². The summed E-state index contributed by atoms with van der Waals surface area (Å²) in [6, 6.07) is 29.6. The van der Waals surface area contributed by atoms with E-state index in [1.807, 2.05) is 48.5 Å². The van der Waals surface area contributed by atoms with Crippen molar-refractivity contribution in [2.75, 3.05) is 5.32 Å². The van der Waals surface area contributed by atoms with Gasteiger partial charge in [-0.25, -0.2) is 0 Å². The normalized spacial score (nSPS) is 11.5. The van der Waals surface area contributed by atoms with Gasteiger partial charge in [-0.3, -0.25) is 15.0 Å². The van der Waals surface area contributed by atoms with E-state index in [0.717, 1.165) is 16.3 Å². The highest BCUT2D eigenvalue weighted by molar-refractivity contribution is 6.11. The third-order valence-electron chi connectivity index (χ3n) is 5.40. The second-order valence-electron chi connectivity index (χ2n) is 7.72. The predicted molar refractivity (Wildman–Crippen MR) is 131 cm³/mol. The zero-order valence-corrected chi connectivity index (χ0v) is 17.9. The van der Waals surface area contributed by atoms with Crippen LogP contribution >= 0.6 is 0 Å². The standard InChI is InChI=1S/C27H24N4O2/c28-25(29)21-12-14-23(15-13-21)31-27(33)24(20-7-2-1-3-8-20)26(32)30-17-18-10-11-19-6-4-5-9-22(19)16-18/h1-16,24H,17H2,(H3,28,29)(H,30,32)(H,31,33)/t24-/m1/s1. The molecule has 0 radical (unpaired) electrons. The average molecular weight is 437 g/mol. The Hall–Kier alpha value is -4.45. The summed E-state index contributed by atoms with van der Waals surface area (Å²) in [5.74, 6) is -1.89. The molecule has 1 atom stereocenters. The van der Waals surface area contributed by atoms with Gasteiger partial charge in [0, 0.05) is 17.8 Å². The van der Waals surface area contributed by atoms with Gasteiger partial charge in [-0.1, -0.05) is 66.7 Å². The first-order valence-corrected chi connectivity index (χ1v) is 10.6. The minimum absolute atomic E-state index is 0.0527. The Morgan fingerprint density at radius 1 is 0.788 bits per heavy atom. The fraction of sp³-hybridized carbons (Fsp3) is 0.0741. The van der Waals surface area contributed by atoms with Crippen LogP contribution in [0.2, 0.25) is 0 Å². The van der Waals surface area contributed by atoms with Gasteiger partial charge in [0.25, 0.3) is 0 Å². The summed E-state index contributed by atoms with van der Waals surface area (Å²) >= 11 is 0. The van der Waals surface area contributed by atoms with Crippen molar-refractivity contribution in [3.8, 4) is 0 Å². The molecular formula is C27H24N4O2. The van der Waals surface area contributed by atoms with Crippen LogP contribution in [0.15, 0.2) is 97.1 Å². The second-order valence-corrected chi connectivity index (χ2v) is 7.72. The van der Waals surface area contributed by atoms with Crippen molar-refractivity contribution in [1.82, 2.24) is 5.32 Å². The third kappa shape index (κ3) is 5.25. The van der Waals surface area contributed by atoms with Crippen molar-refractivity contribution in [1.29, 1.82) is 5.41 Å². The molecule has 0 aliphatic rings. The van der Waals surface area contributed by atoms with E-state index < -0.39 is 11.8 Å². The Bertz CT molecular complexity index is 1300. The van der Waals surface area contributed by atoms with Gasteiger partial charge in [0.15, 0.2) is 0 Å². The maximum atomic E-state index is 13.1. The first-order valence-electron chi connectivity index (χ1n) is 10.6. The second kappa shape index (κ2) is 9.78. The zero-order valence-electron chi connectivity index (χ0n) is 17.9. The van der Waals surface area contributed by atoms with Crippen LogP contribution in [0.25, 0.3) is 10.8 Å². The lowest BCUT2D eigenvalue weighted by atomic mass is 9.96. The summed E-state index contributed by atoms with van der Waals surface area (Å²) < 4.78 is 0. The van der Waals surface area contributed by atoms with Gasteiger partial charge in [0.05, 0.1) is 0 Å². The lowest BCUT2D eigenvalue weighted by molar-refractivity contribution is -0.129. The highest BCUT2D eigenvalue weighted by Gasteiger charge is 2.28. The maximum absolute atomic E-state index is 13.1. The molecule has 0 fully saturated rings. The fourth-order valence-corrected chi connectivity index (χ4v) is 3.65. The summed E-state index contributed by atoms with van der Waals surface area (Å²) in [5.41, 5.74) is 8.12. The van der Waals surface area contributed by atoms with E-state index in [9.17, 15) is 9.59 Å². The molecule has 0 aromatic heterocycles. The SMILES string of the molecule is N=C(N)c1ccc(NC(=O)[C@@H](C(=O)NCc2ccc3ccccc3c2)c2ccccc2)cc1. The molecule has 5 N–H and O–H groups in total. The number of nitrogen functional groups attached to an aromatic ring is 1. The lowest BCUT2D eigenvalue weighted by Crippen LogP contribution is -2.36. The molecule has 0 spiro atoms. The molecule has 6 heteroatoms. The minimum Gasteiger partial charge on any atom is -0.384 e. The fourth-order valence-electron chi connectivity index (χ4n) is 3.65. The summed E-state index contributed by atoms with van der Waals surface area (Å²) in [6.45, 7) is 0.313. The molecule has 0 unspecified atom stereocenters. The van der Waals surface area contributed by atoms with Crippen molar-refractivity contribution in [3.63, 3.8) is 0 Å². The van der Waals surface area contributed by atoms with E-state index in [1.54, 1.807) is 48.5 Å². The van der Waals surface area contributed by atoms with Crippen molar-refractivity contribution in [3.05, 3.63) is 114 Å². The number of amidine groups is 1. The molecule has 164 valence electrons. The Labute approximate surface area is 191 Å². The van der Waals surface area contributed by atoms with Gasteiger partial charge < -0.3 is 16.4 Å². The van der Waals surface area contributed by atoms with Gasteiger partial charge in [0.1, 0.15) is 11.8 Å². The van der Waals surface area contributed by atoms with Gasteiger partial charge in [-0.15, -0.1) is 0 Å². The number of benzene rings is 4. The number of hydrogen-bond donors (Lipinski definition) is 4. The zero-order chi connectivity index (χ0) is 23.2. The Kier molecular flexibility index (Phi) is 6.45. The summed E-state index contributed by atoms with van der Waals surface area (Å²) in [7, 11) is 0. The van der Waals surface area contributed by atoms with Gasteiger partial charge in [-0.2, -0.15) is 0 Å². The van der Waals surface area contributed by atoms with Crippen LogP contribution in [0.5, 0.6) is 0 Å². The average Bonchev–Trinajstić information content (AvgIpc) is 2.84. The number of rotatable bonds is 7. The van der Waals surface area contributed by atoms with Crippen LogP contribution in [-0.2, 0) is 16.1 Å². The topological polar surface area (TPSA) is 108 Å². The number of fused-ring (bicyclic) bond motifs is 1. The molecule has 4 aromatic carbocycles. The first kappa shape index (κ1) is 21.8. The Morgan fingerprint density at radius 3 is 2.15 bits per heavy atom. The third-order valence-corrected chi connectivity index (χ3v) is 5.40. The van der Waals surface area contributed by atoms with Crippen LogP contribution < -0.4 is 16.4 Å². The molecule has 2 amide bonds. The van der Waals surface area contributed by atoms with Crippen LogP contribution in [0.1, 0.15) is 22.6 Å². The molecular weight excluding hydrogens is 412 g/mol. The first-order chi connectivity index (χ1) is 16.0. The largest absolute Gasteiger partial charge is 0.384 e. The minimum atomic E-state index is -1.01. The number of carbonyl (C=O) groups is 2. The Morgan fingerprint density at radius 2 is 1.45 bits per heavy atom.